The summed E-state index contributed by atoms with van der Waals surface area (Å²) >= 11 is 1.42. The molecule has 8 heteroatoms. The number of aryl methyl sites for hydroxylation is 1. The van der Waals surface area contributed by atoms with E-state index in [1.54, 1.807) is 12.5 Å². The molecule has 0 saturated carbocycles. The number of likely N-dealkylation sites (tertiary alicyclic amines) is 1. The highest BCUT2D eigenvalue weighted by molar-refractivity contribution is 7.13. The first-order valence-corrected chi connectivity index (χ1v) is 8.09. The summed E-state index contributed by atoms with van der Waals surface area (Å²) in [6.07, 6.45) is 5.04. The van der Waals surface area contributed by atoms with E-state index in [1.165, 1.54) is 11.3 Å². The number of urea groups is 1. The second kappa shape index (κ2) is 6.69. The standard InChI is InChI=1S/C14H18N6OS/c1-10-8-12(17-9-16-10)18-11-2-5-20(6-3-11)14(21)19-13-15-4-7-22-13/h4,7-9,11H,2-3,5-6H2,1H3,(H,15,19,21)(H,16,17,18). The molecule has 0 spiro atoms. The molecule has 0 bridgehead atoms. The lowest BCUT2D eigenvalue weighted by Crippen LogP contribution is -2.44. The van der Waals surface area contributed by atoms with Crippen LogP contribution in [0, 0.1) is 6.92 Å². The van der Waals surface area contributed by atoms with Gasteiger partial charge in [0, 0.05) is 42.5 Å². The van der Waals surface area contributed by atoms with E-state index in [0.29, 0.717) is 11.2 Å². The zero-order valence-corrected chi connectivity index (χ0v) is 13.1. The van der Waals surface area contributed by atoms with Gasteiger partial charge in [0.2, 0.25) is 0 Å². The Morgan fingerprint density at radius 2 is 2.14 bits per heavy atom. The lowest BCUT2D eigenvalue weighted by atomic mass is 10.1. The number of carbonyl (C=O) groups is 1. The first-order valence-electron chi connectivity index (χ1n) is 7.21. The normalized spacial score (nSPS) is 15.6. The minimum Gasteiger partial charge on any atom is -0.367 e. The molecule has 22 heavy (non-hydrogen) atoms. The van der Waals surface area contributed by atoms with Crippen molar-refractivity contribution in [1.82, 2.24) is 19.9 Å². The third-order valence-corrected chi connectivity index (χ3v) is 4.27. The van der Waals surface area contributed by atoms with Crippen LogP contribution in [0.1, 0.15) is 18.5 Å². The predicted octanol–water partition coefficient (Wildman–Crippen LogP) is 2.35. The molecule has 3 heterocycles. The minimum atomic E-state index is -0.0775. The fourth-order valence-corrected chi connectivity index (χ4v) is 2.94. The van der Waals surface area contributed by atoms with E-state index in [0.717, 1.165) is 37.4 Å². The van der Waals surface area contributed by atoms with Crippen molar-refractivity contribution >= 4 is 28.3 Å². The molecule has 1 fully saturated rings. The van der Waals surface area contributed by atoms with E-state index in [2.05, 4.69) is 25.6 Å². The predicted molar refractivity (Wildman–Crippen MR) is 86.1 cm³/mol. The van der Waals surface area contributed by atoms with Crippen LogP contribution in [-0.4, -0.2) is 45.0 Å². The van der Waals surface area contributed by atoms with Crippen molar-refractivity contribution in [2.24, 2.45) is 0 Å². The highest BCUT2D eigenvalue weighted by Crippen LogP contribution is 2.17. The quantitative estimate of drug-likeness (QED) is 0.907. The van der Waals surface area contributed by atoms with Crippen LogP contribution >= 0.6 is 11.3 Å². The average molecular weight is 318 g/mol. The maximum Gasteiger partial charge on any atom is 0.323 e. The number of nitrogens with zero attached hydrogens (tertiary/aromatic N) is 4. The molecule has 116 valence electrons. The Labute approximate surface area is 132 Å². The van der Waals surface area contributed by atoms with Crippen LogP contribution in [0.5, 0.6) is 0 Å². The van der Waals surface area contributed by atoms with E-state index in [1.807, 2.05) is 23.3 Å². The Morgan fingerprint density at radius 3 is 2.82 bits per heavy atom. The molecule has 7 nitrogen and oxygen atoms in total. The van der Waals surface area contributed by atoms with Gasteiger partial charge in [0.05, 0.1) is 0 Å². The van der Waals surface area contributed by atoms with E-state index >= 15 is 0 Å². The number of nitrogens with one attached hydrogen (secondary N) is 2. The number of hydrogen-bond acceptors (Lipinski definition) is 6. The smallest absolute Gasteiger partial charge is 0.323 e. The fraction of sp³-hybridized carbons (Fsp3) is 0.429. The number of piperidine rings is 1. The molecular weight excluding hydrogens is 300 g/mol. The molecule has 2 aromatic heterocycles. The molecule has 2 aromatic rings. The van der Waals surface area contributed by atoms with E-state index in [9.17, 15) is 4.79 Å². The van der Waals surface area contributed by atoms with Crippen molar-refractivity contribution in [3.05, 3.63) is 29.7 Å². The molecular formula is C14H18N6OS. The van der Waals surface area contributed by atoms with Gasteiger partial charge in [-0.3, -0.25) is 5.32 Å². The molecule has 1 saturated heterocycles. The van der Waals surface area contributed by atoms with E-state index in [4.69, 9.17) is 0 Å². The summed E-state index contributed by atoms with van der Waals surface area (Å²) in [5.41, 5.74) is 0.942. The molecule has 2 amide bonds. The third-order valence-electron chi connectivity index (χ3n) is 3.58. The molecule has 1 aliphatic heterocycles. The second-order valence-electron chi connectivity index (χ2n) is 5.22. The first-order chi connectivity index (χ1) is 10.7. The lowest BCUT2D eigenvalue weighted by molar-refractivity contribution is 0.197. The summed E-state index contributed by atoms with van der Waals surface area (Å²) < 4.78 is 0. The van der Waals surface area contributed by atoms with Crippen molar-refractivity contribution in [2.75, 3.05) is 23.7 Å². The van der Waals surface area contributed by atoms with Gasteiger partial charge >= 0.3 is 6.03 Å². The summed E-state index contributed by atoms with van der Waals surface area (Å²) in [6, 6.07) is 2.19. The van der Waals surface area contributed by atoms with Gasteiger partial charge in [0.25, 0.3) is 0 Å². The van der Waals surface area contributed by atoms with E-state index in [-0.39, 0.29) is 6.03 Å². The van der Waals surface area contributed by atoms with Crippen LogP contribution in [0.4, 0.5) is 15.7 Å². The molecule has 2 N–H and O–H groups in total. The highest BCUT2D eigenvalue weighted by atomic mass is 32.1. The van der Waals surface area contributed by atoms with Crippen LogP contribution in [0.15, 0.2) is 24.0 Å². The van der Waals surface area contributed by atoms with Crippen molar-refractivity contribution < 1.29 is 4.79 Å². The van der Waals surface area contributed by atoms with Crippen LogP contribution in [0.25, 0.3) is 0 Å². The zero-order chi connectivity index (χ0) is 15.4. The Kier molecular flexibility index (Phi) is 4.47. The maximum atomic E-state index is 12.1. The van der Waals surface area contributed by atoms with Crippen LogP contribution in [0.2, 0.25) is 0 Å². The lowest BCUT2D eigenvalue weighted by Gasteiger charge is -2.32. The molecule has 0 atom stereocenters. The van der Waals surface area contributed by atoms with Crippen molar-refractivity contribution in [3.63, 3.8) is 0 Å². The Morgan fingerprint density at radius 1 is 1.32 bits per heavy atom. The first kappa shape index (κ1) is 14.7. The molecule has 0 unspecified atom stereocenters. The Hall–Kier alpha value is -2.22. The van der Waals surface area contributed by atoms with E-state index < -0.39 is 0 Å². The molecule has 1 aliphatic rings. The Bertz CT molecular complexity index is 624. The highest BCUT2D eigenvalue weighted by Gasteiger charge is 2.23. The second-order valence-corrected chi connectivity index (χ2v) is 6.11. The van der Waals surface area contributed by atoms with Gasteiger partial charge in [0.1, 0.15) is 12.1 Å². The van der Waals surface area contributed by atoms with Gasteiger partial charge in [-0.25, -0.2) is 19.7 Å². The number of hydrogen-bond donors (Lipinski definition) is 2. The van der Waals surface area contributed by atoms with Crippen molar-refractivity contribution in [3.8, 4) is 0 Å². The molecule has 3 rings (SSSR count). The van der Waals surface area contributed by atoms with Gasteiger partial charge in [-0.1, -0.05) is 0 Å². The van der Waals surface area contributed by atoms with Gasteiger partial charge in [-0.15, -0.1) is 11.3 Å². The molecule has 0 radical (unpaired) electrons. The fourth-order valence-electron chi connectivity index (χ4n) is 2.43. The summed E-state index contributed by atoms with van der Waals surface area (Å²) in [7, 11) is 0. The number of carbonyl (C=O) groups excluding carboxylic acids is 1. The van der Waals surface area contributed by atoms with Gasteiger partial charge in [-0.05, 0) is 19.8 Å². The Balaban J connectivity index is 1.49. The van der Waals surface area contributed by atoms with Crippen LogP contribution in [-0.2, 0) is 0 Å². The summed E-state index contributed by atoms with van der Waals surface area (Å²) in [4.78, 5) is 26.3. The zero-order valence-electron chi connectivity index (χ0n) is 12.3. The number of anilines is 2. The summed E-state index contributed by atoms with van der Waals surface area (Å²) in [5.74, 6) is 0.846. The molecule has 0 aliphatic carbocycles. The number of amides is 2. The average Bonchev–Trinajstić information content (AvgIpc) is 3.01. The summed E-state index contributed by atoms with van der Waals surface area (Å²) in [5, 5.41) is 8.71. The number of aromatic nitrogens is 3. The van der Waals surface area contributed by atoms with Crippen molar-refractivity contribution in [2.45, 2.75) is 25.8 Å². The monoisotopic (exact) mass is 318 g/mol. The maximum absolute atomic E-state index is 12.1. The number of rotatable bonds is 3. The summed E-state index contributed by atoms with van der Waals surface area (Å²) in [6.45, 7) is 3.39. The topological polar surface area (TPSA) is 83.0 Å². The number of thiazole rings is 1. The van der Waals surface area contributed by atoms with Crippen molar-refractivity contribution in [1.29, 1.82) is 0 Å². The van der Waals surface area contributed by atoms with Gasteiger partial charge < -0.3 is 10.2 Å². The molecule has 0 aromatic carbocycles. The minimum absolute atomic E-state index is 0.0775. The SMILES string of the molecule is Cc1cc(NC2CCN(C(=O)Nc3nccs3)CC2)ncn1. The van der Waals surface area contributed by atoms with Crippen LogP contribution < -0.4 is 10.6 Å². The largest absolute Gasteiger partial charge is 0.367 e. The van der Waals surface area contributed by atoms with Crippen LogP contribution in [0.3, 0.4) is 0 Å². The third kappa shape index (κ3) is 3.70. The van der Waals surface area contributed by atoms with Gasteiger partial charge in [-0.2, -0.15) is 0 Å². The van der Waals surface area contributed by atoms with Gasteiger partial charge in [0.15, 0.2) is 5.13 Å².